The van der Waals surface area contributed by atoms with E-state index in [-0.39, 0.29) is 5.91 Å². The highest BCUT2D eigenvalue weighted by Crippen LogP contribution is 2.27. The Morgan fingerprint density at radius 2 is 1.96 bits per heavy atom. The van der Waals surface area contributed by atoms with E-state index in [0.717, 1.165) is 5.56 Å². The van der Waals surface area contributed by atoms with Crippen molar-refractivity contribution >= 4 is 23.4 Å². The van der Waals surface area contributed by atoms with Crippen molar-refractivity contribution in [3.05, 3.63) is 65.5 Å². The van der Waals surface area contributed by atoms with E-state index in [2.05, 4.69) is 5.10 Å². The number of carbonyl (C=O) groups excluding carboxylic acids is 1. The molecule has 1 aliphatic heterocycles. The van der Waals surface area contributed by atoms with Crippen molar-refractivity contribution in [2.45, 2.75) is 6.92 Å². The van der Waals surface area contributed by atoms with Gasteiger partial charge in [-0.1, -0.05) is 24.3 Å². The van der Waals surface area contributed by atoms with Crippen molar-refractivity contribution in [1.82, 2.24) is 0 Å². The minimum absolute atomic E-state index is 0.293. The summed E-state index contributed by atoms with van der Waals surface area (Å²) < 4.78 is 18.7. The van der Waals surface area contributed by atoms with E-state index in [4.69, 9.17) is 4.74 Å². The lowest BCUT2D eigenvalue weighted by atomic mass is 10.1. The first-order valence-electron chi connectivity index (χ1n) is 7.10. The lowest BCUT2D eigenvalue weighted by molar-refractivity contribution is -0.114. The van der Waals surface area contributed by atoms with E-state index < -0.39 is 5.82 Å². The maximum Gasteiger partial charge on any atom is 0.280 e. The Bertz CT molecular complexity index is 827. The van der Waals surface area contributed by atoms with Gasteiger partial charge in [0.2, 0.25) is 0 Å². The molecule has 0 radical (unpaired) electrons. The van der Waals surface area contributed by atoms with Gasteiger partial charge in [-0.25, -0.2) is 4.39 Å². The van der Waals surface area contributed by atoms with Crippen molar-refractivity contribution in [2.75, 3.05) is 12.1 Å². The Kier molecular flexibility index (Phi) is 3.93. The topological polar surface area (TPSA) is 41.9 Å². The van der Waals surface area contributed by atoms with Gasteiger partial charge in [0.25, 0.3) is 5.91 Å². The maximum absolute atomic E-state index is 13.4. The Morgan fingerprint density at radius 3 is 2.70 bits per heavy atom. The SMILES string of the molecule is COc1ccccc1C=C1C(=O)N(c2cccc(F)c2)N=C1C. The van der Waals surface area contributed by atoms with Gasteiger partial charge in [0.05, 0.1) is 24.1 Å². The van der Waals surface area contributed by atoms with Gasteiger partial charge in [0.15, 0.2) is 0 Å². The average Bonchev–Trinajstić information content (AvgIpc) is 2.83. The summed E-state index contributed by atoms with van der Waals surface area (Å²) in [5.41, 5.74) is 2.22. The molecule has 0 saturated heterocycles. The monoisotopic (exact) mass is 310 g/mol. The smallest absolute Gasteiger partial charge is 0.280 e. The minimum atomic E-state index is -0.412. The fourth-order valence-electron chi connectivity index (χ4n) is 2.41. The van der Waals surface area contributed by atoms with Crippen LogP contribution in [0.25, 0.3) is 6.08 Å². The summed E-state index contributed by atoms with van der Waals surface area (Å²) >= 11 is 0. The standard InChI is InChI=1S/C18H15FN2O2/c1-12-16(10-13-6-3-4-9-17(13)23-2)18(22)21(20-12)15-8-5-7-14(19)11-15/h3-11H,1-2H3. The molecule has 116 valence electrons. The molecular weight excluding hydrogens is 295 g/mol. The molecule has 1 heterocycles. The van der Waals surface area contributed by atoms with Crippen LogP contribution < -0.4 is 9.75 Å². The predicted molar refractivity (Wildman–Crippen MR) is 88.0 cm³/mol. The lowest BCUT2D eigenvalue weighted by Gasteiger charge is -2.11. The summed E-state index contributed by atoms with van der Waals surface area (Å²) in [6, 6.07) is 13.2. The number of hydrogen-bond acceptors (Lipinski definition) is 3. The van der Waals surface area contributed by atoms with Gasteiger partial charge in [-0.2, -0.15) is 10.1 Å². The van der Waals surface area contributed by atoms with Gasteiger partial charge < -0.3 is 4.74 Å². The van der Waals surface area contributed by atoms with Crippen molar-refractivity contribution in [2.24, 2.45) is 5.10 Å². The molecule has 1 amide bonds. The number of para-hydroxylation sites is 1. The summed E-state index contributed by atoms with van der Waals surface area (Å²) in [5, 5.41) is 5.45. The van der Waals surface area contributed by atoms with Crippen LogP contribution in [0.15, 0.2) is 59.2 Å². The Hall–Kier alpha value is -2.95. The van der Waals surface area contributed by atoms with Crippen LogP contribution in [0.4, 0.5) is 10.1 Å². The first-order valence-corrected chi connectivity index (χ1v) is 7.10. The van der Waals surface area contributed by atoms with Crippen LogP contribution in [-0.2, 0) is 4.79 Å². The third kappa shape index (κ3) is 2.85. The van der Waals surface area contributed by atoms with Crippen LogP contribution in [0.5, 0.6) is 5.75 Å². The molecule has 3 rings (SSSR count). The van der Waals surface area contributed by atoms with E-state index in [9.17, 15) is 9.18 Å². The number of hydrazone groups is 1. The number of benzene rings is 2. The molecule has 23 heavy (non-hydrogen) atoms. The third-order valence-corrected chi connectivity index (χ3v) is 3.55. The number of ether oxygens (including phenoxy) is 1. The summed E-state index contributed by atoms with van der Waals surface area (Å²) in [7, 11) is 1.58. The van der Waals surface area contributed by atoms with Crippen LogP contribution in [0.3, 0.4) is 0 Å². The van der Waals surface area contributed by atoms with Crippen molar-refractivity contribution in [3.63, 3.8) is 0 Å². The fourth-order valence-corrected chi connectivity index (χ4v) is 2.41. The second kappa shape index (κ2) is 6.04. The molecule has 0 bridgehead atoms. The van der Waals surface area contributed by atoms with Gasteiger partial charge in [-0.3, -0.25) is 4.79 Å². The van der Waals surface area contributed by atoms with Crippen molar-refractivity contribution in [3.8, 4) is 5.75 Å². The Balaban J connectivity index is 1.99. The zero-order valence-corrected chi connectivity index (χ0v) is 12.8. The molecule has 4 nitrogen and oxygen atoms in total. The quantitative estimate of drug-likeness (QED) is 0.812. The highest BCUT2D eigenvalue weighted by Gasteiger charge is 2.29. The molecule has 0 atom stereocenters. The molecule has 0 unspecified atom stereocenters. The maximum atomic E-state index is 13.4. The number of hydrogen-bond donors (Lipinski definition) is 0. The molecule has 5 heteroatoms. The summed E-state index contributed by atoms with van der Waals surface area (Å²) in [4.78, 5) is 12.6. The van der Waals surface area contributed by atoms with E-state index in [1.165, 1.54) is 17.1 Å². The fraction of sp³-hybridized carbons (Fsp3) is 0.111. The number of carbonyl (C=O) groups is 1. The zero-order chi connectivity index (χ0) is 16.4. The highest BCUT2D eigenvalue weighted by atomic mass is 19.1. The summed E-state index contributed by atoms with van der Waals surface area (Å²) in [6.45, 7) is 1.75. The van der Waals surface area contributed by atoms with Crippen molar-refractivity contribution < 1.29 is 13.9 Å². The third-order valence-electron chi connectivity index (χ3n) is 3.55. The van der Waals surface area contributed by atoms with Crippen molar-refractivity contribution in [1.29, 1.82) is 0 Å². The molecular formula is C18H15FN2O2. The zero-order valence-electron chi connectivity index (χ0n) is 12.8. The number of nitrogens with zero attached hydrogens (tertiary/aromatic N) is 2. The average molecular weight is 310 g/mol. The van der Waals surface area contributed by atoms with Gasteiger partial charge >= 0.3 is 0 Å². The molecule has 0 spiro atoms. The second-order valence-electron chi connectivity index (χ2n) is 5.08. The number of halogens is 1. The molecule has 1 aliphatic rings. The van der Waals surface area contributed by atoms with E-state index in [1.54, 1.807) is 32.2 Å². The molecule has 2 aromatic rings. The van der Waals surface area contributed by atoms with E-state index >= 15 is 0 Å². The largest absolute Gasteiger partial charge is 0.496 e. The summed E-state index contributed by atoms with van der Waals surface area (Å²) in [6.07, 6.45) is 1.74. The van der Waals surface area contributed by atoms with Gasteiger partial charge in [-0.15, -0.1) is 0 Å². The van der Waals surface area contributed by atoms with Gasteiger partial charge in [0.1, 0.15) is 11.6 Å². The Labute approximate surface area is 133 Å². The number of rotatable bonds is 3. The van der Waals surface area contributed by atoms with Crippen LogP contribution in [-0.4, -0.2) is 18.7 Å². The van der Waals surface area contributed by atoms with Crippen LogP contribution >= 0.6 is 0 Å². The van der Waals surface area contributed by atoms with E-state index in [1.807, 2.05) is 24.3 Å². The number of anilines is 1. The lowest BCUT2D eigenvalue weighted by Crippen LogP contribution is -2.21. The molecule has 0 aromatic heterocycles. The number of amides is 1. The predicted octanol–water partition coefficient (Wildman–Crippen LogP) is 3.64. The second-order valence-corrected chi connectivity index (χ2v) is 5.08. The molecule has 0 fully saturated rings. The van der Waals surface area contributed by atoms with Gasteiger partial charge in [-0.05, 0) is 37.3 Å². The minimum Gasteiger partial charge on any atom is -0.496 e. The van der Waals surface area contributed by atoms with E-state index in [0.29, 0.717) is 22.7 Å². The Morgan fingerprint density at radius 1 is 1.17 bits per heavy atom. The normalized spacial score (nSPS) is 16.0. The first kappa shape index (κ1) is 15.0. The first-order chi connectivity index (χ1) is 11.1. The number of methoxy groups -OCH3 is 1. The van der Waals surface area contributed by atoms with Crippen LogP contribution in [0.1, 0.15) is 12.5 Å². The molecule has 2 aromatic carbocycles. The van der Waals surface area contributed by atoms with Crippen LogP contribution in [0.2, 0.25) is 0 Å². The van der Waals surface area contributed by atoms with Crippen LogP contribution in [0, 0.1) is 5.82 Å². The molecule has 0 aliphatic carbocycles. The highest BCUT2D eigenvalue weighted by molar-refractivity contribution is 6.32. The summed E-state index contributed by atoms with van der Waals surface area (Å²) in [5.74, 6) is -0.0332. The molecule has 0 saturated carbocycles. The molecule has 0 N–H and O–H groups in total. The van der Waals surface area contributed by atoms with Gasteiger partial charge in [0, 0.05) is 5.56 Å².